The lowest BCUT2D eigenvalue weighted by Gasteiger charge is -2.70. The number of hydrogen-bond donors (Lipinski definition) is 0. The fraction of sp³-hybridized carbons (Fsp3) is 0.824. The van der Waals surface area contributed by atoms with Crippen molar-refractivity contribution in [1.82, 2.24) is 0 Å². The number of ether oxygens (including phenoxy) is 1. The molecule has 0 aromatic heterocycles. The van der Waals surface area contributed by atoms with Crippen LogP contribution in [0.25, 0.3) is 0 Å². The van der Waals surface area contributed by atoms with Crippen LogP contribution in [0, 0.1) is 35.0 Å². The van der Waals surface area contributed by atoms with Gasteiger partial charge >= 0.3 is 5.97 Å². The van der Waals surface area contributed by atoms with E-state index >= 15 is 0 Å². The predicted octanol–water partition coefficient (Wildman–Crippen LogP) is 3.81. The average Bonchev–Trinajstić information content (AvgIpc) is 2.36. The highest BCUT2D eigenvalue weighted by Gasteiger charge is 2.65. The summed E-state index contributed by atoms with van der Waals surface area (Å²) in [7, 11) is 0. The summed E-state index contributed by atoms with van der Waals surface area (Å²) in [5.74, 6) is 3.93. The molecule has 0 aromatic carbocycles. The quantitative estimate of drug-likeness (QED) is 0.571. The molecule has 4 aliphatic rings. The molecule has 2 heteroatoms. The Morgan fingerprint density at radius 2 is 2.26 bits per heavy atom. The van der Waals surface area contributed by atoms with Crippen molar-refractivity contribution in [2.75, 3.05) is 6.61 Å². The van der Waals surface area contributed by atoms with Crippen LogP contribution in [0.3, 0.4) is 0 Å². The molecule has 2 saturated carbocycles. The van der Waals surface area contributed by atoms with Gasteiger partial charge in [-0.05, 0) is 59.8 Å². The maximum atomic E-state index is 11.1. The van der Waals surface area contributed by atoms with E-state index in [4.69, 9.17) is 4.74 Å². The monoisotopic (exact) mass is 262 g/mol. The summed E-state index contributed by atoms with van der Waals surface area (Å²) in [5.41, 5.74) is 1.91. The van der Waals surface area contributed by atoms with Crippen molar-refractivity contribution >= 4 is 5.97 Å². The standard InChI is InChI=1S/C17H26O2/c1-10(2)13-7-8-17(4)14-6-5-12(9-19-11(3)18)16(17)15(13)14/h5,10,13-16H,6-9H2,1-4H3/t13-,14-,15-,16+,17+/m0/s1. The number of hydrogen-bond acceptors (Lipinski definition) is 2. The van der Waals surface area contributed by atoms with Crippen LogP contribution in [0.15, 0.2) is 11.6 Å². The van der Waals surface area contributed by atoms with Crippen LogP contribution in [0.2, 0.25) is 0 Å². The SMILES string of the molecule is CC(=O)OCC1=CC[C@H]2[C@H]3[C@@H]1[C@]2(C)CC[C@H]3C(C)C. The van der Waals surface area contributed by atoms with E-state index in [1.54, 1.807) is 0 Å². The Bertz CT molecular complexity index is 423. The van der Waals surface area contributed by atoms with Gasteiger partial charge in [0.25, 0.3) is 0 Å². The van der Waals surface area contributed by atoms with Gasteiger partial charge in [0.2, 0.25) is 0 Å². The van der Waals surface area contributed by atoms with Crippen molar-refractivity contribution in [3.8, 4) is 0 Å². The zero-order valence-electron chi connectivity index (χ0n) is 12.6. The maximum Gasteiger partial charge on any atom is 0.302 e. The molecule has 106 valence electrons. The number of allylic oxidation sites excluding steroid dienone is 1. The number of esters is 1. The van der Waals surface area contributed by atoms with Crippen LogP contribution >= 0.6 is 0 Å². The minimum Gasteiger partial charge on any atom is -0.461 e. The molecule has 19 heavy (non-hydrogen) atoms. The minimum atomic E-state index is -0.155. The molecule has 0 unspecified atom stereocenters. The van der Waals surface area contributed by atoms with Gasteiger partial charge in [-0.15, -0.1) is 0 Å². The van der Waals surface area contributed by atoms with Crippen molar-refractivity contribution in [3.63, 3.8) is 0 Å². The molecule has 2 nitrogen and oxygen atoms in total. The van der Waals surface area contributed by atoms with Gasteiger partial charge in [-0.3, -0.25) is 4.79 Å². The van der Waals surface area contributed by atoms with Crippen molar-refractivity contribution < 1.29 is 9.53 Å². The third-order valence-corrected chi connectivity index (χ3v) is 6.25. The number of fused-ring (bicyclic) bond motifs is 1. The first-order valence-electron chi connectivity index (χ1n) is 7.77. The van der Waals surface area contributed by atoms with E-state index in [-0.39, 0.29) is 5.97 Å². The minimum absolute atomic E-state index is 0.155. The predicted molar refractivity (Wildman–Crippen MR) is 75.5 cm³/mol. The first kappa shape index (κ1) is 13.2. The number of carbonyl (C=O) groups is 1. The smallest absolute Gasteiger partial charge is 0.302 e. The van der Waals surface area contributed by atoms with Crippen LogP contribution in [0.1, 0.15) is 47.0 Å². The molecule has 4 rings (SSSR count). The molecule has 4 bridgehead atoms. The van der Waals surface area contributed by atoms with Crippen molar-refractivity contribution in [2.45, 2.75) is 47.0 Å². The summed E-state index contributed by atoms with van der Waals surface area (Å²) in [6, 6.07) is 0. The second-order valence-corrected chi connectivity index (χ2v) is 7.41. The molecule has 0 amide bonds. The van der Waals surface area contributed by atoms with Crippen molar-refractivity contribution in [3.05, 3.63) is 11.6 Å². The van der Waals surface area contributed by atoms with Gasteiger partial charge in [-0.25, -0.2) is 0 Å². The van der Waals surface area contributed by atoms with Crippen LogP contribution in [0.4, 0.5) is 0 Å². The Hall–Kier alpha value is -0.790. The molecule has 0 radical (unpaired) electrons. The molecule has 4 aliphatic carbocycles. The summed E-state index contributed by atoms with van der Waals surface area (Å²) in [4.78, 5) is 11.1. The molecule has 0 aromatic rings. The third kappa shape index (κ3) is 1.79. The summed E-state index contributed by atoms with van der Waals surface area (Å²) < 4.78 is 5.28. The van der Waals surface area contributed by atoms with Gasteiger partial charge in [0, 0.05) is 6.92 Å². The second-order valence-electron chi connectivity index (χ2n) is 7.41. The van der Waals surface area contributed by atoms with Gasteiger partial charge in [0.05, 0.1) is 0 Å². The Balaban J connectivity index is 1.81. The first-order chi connectivity index (χ1) is 8.95. The van der Waals surface area contributed by atoms with Gasteiger partial charge in [-0.1, -0.05) is 26.8 Å². The Kier molecular flexibility index (Phi) is 3.03. The van der Waals surface area contributed by atoms with Gasteiger partial charge in [0.15, 0.2) is 0 Å². The van der Waals surface area contributed by atoms with Crippen molar-refractivity contribution in [1.29, 1.82) is 0 Å². The molecule has 0 aliphatic heterocycles. The molecular weight excluding hydrogens is 236 g/mol. The molecular formula is C17H26O2. The van der Waals surface area contributed by atoms with Gasteiger partial charge in [-0.2, -0.15) is 0 Å². The maximum absolute atomic E-state index is 11.1. The summed E-state index contributed by atoms with van der Waals surface area (Å²) in [5, 5.41) is 0. The number of carbonyl (C=O) groups excluding carboxylic acids is 1. The molecule has 0 N–H and O–H groups in total. The van der Waals surface area contributed by atoms with Gasteiger partial charge < -0.3 is 4.74 Å². The molecule has 5 atom stereocenters. The largest absolute Gasteiger partial charge is 0.461 e. The highest BCUT2D eigenvalue weighted by Crippen LogP contribution is 2.71. The Morgan fingerprint density at radius 1 is 1.53 bits per heavy atom. The normalized spacial score (nSPS) is 43.5. The van der Waals surface area contributed by atoms with E-state index in [0.717, 1.165) is 23.7 Å². The second kappa shape index (κ2) is 4.36. The number of rotatable bonds is 3. The van der Waals surface area contributed by atoms with Crippen molar-refractivity contribution in [2.24, 2.45) is 35.0 Å². The van der Waals surface area contributed by atoms with Crippen LogP contribution in [-0.2, 0) is 9.53 Å². The Labute approximate surface area is 116 Å². The fourth-order valence-corrected chi connectivity index (χ4v) is 5.39. The van der Waals surface area contributed by atoms with Crippen LogP contribution < -0.4 is 0 Å². The summed E-state index contributed by atoms with van der Waals surface area (Å²) in [6.45, 7) is 9.25. The topological polar surface area (TPSA) is 26.3 Å². The fourth-order valence-electron chi connectivity index (χ4n) is 5.39. The van der Waals surface area contributed by atoms with Crippen LogP contribution in [0.5, 0.6) is 0 Å². The zero-order chi connectivity index (χ0) is 13.8. The zero-order valence-corrected chi connectivity index (χ0v) is 12.6. The van der Waals surface area contributed by atoms with E-state index in [2.05, 4.69) is 26.8 Å². The molecule has 0 spiro atoms. The highest BCUT2D eigenvalue weighted by atomic mass is 16.5. The lowest BCUT2D eigenvalue weighted by atomic mass is 9.34. The van der Waals surface area contributed by atoms with Gasteiger partial charge in [0.1, 0.15) is 6.61 Å². The van der Waals surface area contributed by atoms with Crippen LogP contribution in [-0.4, -0.2) is 12.6 Å². The van der Waals surface area contributed by atoms with E-state index in [1.807, 2.05) is 0 Å². The third-order valence-electron chi connectivity index (χ3n) is 6.25. The molecule has 0 saturated heterocycles. The average molecular weight is 262 g/mol. The Morgan fingerprint density at radius 3 is 2.89 bits per heavy atom. The summed E-state index contributed by atoms with van der Waals surface area (Å²) >= 11 is 0. The lowest BCUT2D eigenvalue weighted by molar-refractivity contribution is -0.185. The van der Waals surface area contributed by atoms with E-state index in [1.165, 1.54) is 31.8 Å². The molecule has 0 heterocycles. The van der Waals surface area contributed by atoms with E-state index in [0.29, 0.717) is 17.9 Å². The highest BCUT2D eigenvalue weighted by molar-refractivity contribution is 5.66. The van der Waals surface area contributed by atoms with E-state index < -0.39 is 0 Å². The molecule has 2 fully saturated rings. The summed E-state index contributed by atoms with van der Waals surface area (Å²) in [6.07, 6.45) is 6.32. The van der Waals surface area contributed by atoms with E-state index in [9.17, 15) is 4.79 Å². The lowest BCUT2D eigenvalue weighted by Crippen LogP contribution is -2.64. The first-order valence-corrected chi connectivity index (χ1v) is 7.77.